The number of hydrogen-bond acceptors (Lipinski definition) is 4. The minimum atomic E-state index is -0.329. The van der Waals surface area contributed by atoms with Crippen molar-refractivity contribution in [3.63, 3.8) is 0 Å². The van der Waals surface area contributed by atoms with Crippen molar-refractivity contribution >= 4 is 0 Å². The van der Waals surface area contributed by atoms with Crippen LogP contribution in [0.2, 0.25) is 0 Å². The number of nitrogens with zero attached hydrogens (tertiary/aromatic N) is 4. The zero-order valence-corrected chi connectivity index (χ0v) is 11.7. The van der Waals surface area contributed by atoms with Crippen molar-refractivity contribution in [2.24, 2.45) is 7.05 Å². The number of aliphatic hydroxyl groups excluding tert-OH is 1. The molecule has 1 rings (SSSR count). The number of aromatic nitrogens is 4. The molecule has 0 aromatic carbocycles. The molecule has 5 nitrogen and oxygen atoms in total. The number of unbranched alkanes of at least 4 members (excludes halogenated alkanes) is 6. The predicted molar refractivity (Wildman–Crippen MR) is 71.1 cm³/mol. The number of rotatable bonds is 10. The minimum absolute atomic E-state index is 0.329. The van der Waals surface area contributed by atoms with E-state index in [1.165, 1.54) is 43.3 Å². The van der Waals surface area contributed by atoms with Gasteiger partial charge in [0, 0.05) is 6.42 Å². The molecule has 1 aromatic heterocycles. The first-order valence-electron chi connectivity index (χ1n) is 7.13. The van der Waals surface area contributed by atoms with E-state index < -0.39 is 0 Å². The van der Waals surface area contributed by atoms with E-state index in [4.69, 9.17) is 0 Å². The maximum atomic E-state index is 9.84. The molecular weight excluding hydrogens is 228 g/mol. The Hall–Kier alpha value is -0.970. The maximum Gasteiger partial charge on any atom is 0.177 e. The zero-order valence-electron chi connectivity index (χ0n) is 11.7. The van der Waals surface area contributed by atoms with Crippen LogP contribution in [0.5, 0.6) is 0 Å². The van der Waals surface area contributed by atoms with Gasteiger partial charge in [0.25, 0.3) is 0 Å². The van der Waals surface area contributed by atoms with Crippen LogP contribution in [-0.2, 0) is 13.5 Å². The first kappa shape index (κ1) is 15.1. The van der Waals surface area contributed by atoms with Crippen molar-refractivity contribution in [2.75, 3.05) is 0 Å². The van der Waals surface area contributed by atoms with Crippen LogP contribution < -0.4 is 0 Å². The number of hydrogen-bond donors (Lipinski definition) is 1. The minimum Gasteiger partial charge on any atom is -0.393 e. The fourth-order valence-corrected chi connectivity index (χ4v) is 2.05. The molecule has 5 heteroatoms. The van der Waals surface area contributed by atoms with Crippen molar-refractivity contribution in [3.8, 4) is 0 Å². The largest absolute Gasteiger partial charge is 0.393 e. The highest BCUT2D eigenvalue weighted by Gasteiger charge is 2.09. The molecule has 1 unspecified atom stereocenters. The Bertz CT molecular complexity index is 314. The first-order chi connectivity index (χ1) is 8.72. The van der Waals surface area contributed by atoms with Gasteiger partial charge in [0.05, 0.1) is 13.2 Å². The van der Waals surface area contributed by atoms with Crippen LogP contribution in [0.3, 0.4) is 0 Å². The van der Waals surface area contributed by atoms with Crippen LogP contribution in [0.15, 0.2) is 0 Å². The molecule has 18 heavy (non-hydrogen) atoms. The molecule has 1 atom stereocenters. The van der Waals surface area contributed by atoms with Gasteiger partial charge in [-0.1, -0.05) is 51.9 Å². The molecule has 1 aromatic rings. The van der Waals surface area contributed by atoms with Gasteiger partial charge in [-0.05, 0) is 11.6 Å². The molecule has 0 aliphatic heterocycles. The summed E-state index contributed by atoms with van der Waals surface area (Å²) in [7, 11) is 1.74. The lowest BCUT2D eigenvalue weighted by Crippen LogP contribution is -2.11. The average Bonchev–Trinajstić information content (AvgIpc) is 2.73. The van der Waals surface area contributed by atoms with Crippen molar-refractivity contribution in [1.29, 1.82) is 0 Å². The monoisotopic (exact) mass is 254 g/mol. The molecule has 1 N–H and O–H groups in total. The van der Waals surface area contributed by atoms with Crippen LogP contribution in [0, 0.1) is 0 Å². The third-order valence-electron chi connectivity index (χ3n) is 3.11. The molecule has 0 saturated carbocycles. The highest BCUT2D eigenvalue weighted by atomic mass is 16.3. The Morgan fingerprint density at radius 3 is 2.39 bits per heavy atom. The van der Waals surface area contributed by atoms with Gasteiger partial charge in [-0.2, -0.15) is 4.80 Å². The fourth-order valence-electron chi connectivity index (χ4n) is 2.05. The van der Waals surface area contributed by atoms with E-state index >= 15 is 0 Å². The van der Waals surface area contributed by atoms with E-state index in [1.54, 1.807) is 7.05 Å². The molecule has 0 aliphatic rings. The fraction of sp³-hybridized carbons (Fsp3) is 0.923. The van der Waals surface area contributed by atoms with E-state index in [1.807, 2.05) is 0 Å². The van der Waals surface area contributed by atoms with E-state index in [0.717, 1.165) is 12.8 Å². The Balaban J connectivity index is 1.98. The second kappa shape index (κ2) is 9.03. The van der Waals surface area contributed by atoms with Gasteiger partial charge in [0.1, 0.15) is 0 Å². The first-order valence-corrected chi connectivity index (χ1v) is 7.13. The third kappa shape index (κ3) is 6.69. The zero-order chi connectivity index (χ0) is 13.2. The summed E-state index contributed by atoms with van der Waals surface area (Å²) < 4.78 is 0. The molecule has 0 aliphatic carbocycles. The highest BCUT2D eigenvalue weighted by molar-refractivity contribution is 4.80. The van der Waals surface area contributed by atoms with Crippen molar-refractivity contribution in [3.05, 3.63) is 5.82 Å². The Labute approximate surface area is 110 Å². The van der Waals surface area contributed by atoms with Gasteiger partial charge in [-0.15, -0.1) is 10.2 Å². The van der Waals surface area contributed by atoms with Crippen LogP contribution >= 0.6 is 0 Å². The standard InChI is InChI=1S/C13H26N4O/c1-3-4-5-6-7-8-9-10-12(18)11-13-14-16-17(2)15-13/h12,18H,3-11H2,1-2H3. The summed E-state index contributed by atoms with van der Waals surface area (Å²) in [6, 6.07) is 0. The van der Waals surface area contributed by atoms with E-state index in [9.17, 15) is 5.11 Å². The van der Waals surface area contributed by atoms with Crippen LogP contribution in [0.25, 0.3) is 0 Å². The number of tetrazole rings is 1. The second-order valence-corrected chi connectivity index (χ2v) is 4.96. The third-order valence-corrected chi connectivity index (χ3v) is 3.11. The summed E-state index contributed by atoms with van der Waals surface area (Å²) in [4.78, 5) is 1.43. The van der Waals surface area contributed by atoms with Crippen LogP contribution in [0.1, 0.15) is 64.1 Å². The van der Waals surface area contributed by atoms with Gasteiger partial charge >= 0.3 is 0 Å². The number of aryl methyl sites for hydroxylation is 1. The maximum absolute atomic E-state index is 9.84. The van der Waals surface area contributed by atoms with Gasteiger partial charge in [0.2, 0.25) is 0 Å². The summed E-state index contributed by atoms with van der Waals surface area (Å²) >= 11 is 0. The molecule has 0 spiro atoms. The molecule has 0 bridgehead atoms. The van der Waals surface area contributed by atoms with Gasteiger partial charge < -0.3 is 5.11 Å². The summed E-state index contributed by atoms with van der Waals surface area (Å²) in [5, 5.41) is 21.5. The van der Waals surface area contributed by atoms with Crippen molar-refractivity contribution in [2.45, 2.75) is 70.8 Å². The Morgan fingerprint density at radius 2 is 1.78 bits per heavy atom. The molecular formula is C13H26N4O. The lowest BCUT2D eigenvalue weighted by atomic mass is 10.0. The molecule has 1 heterocycles. The molecule has 0 amide bonds. The second-order valence-electron chi connectivity index (χ2n) is 4.96. The van der Waals surface area contributed by atoms with E-state index in [-0.39, 0.29) is 6.10 Å². The Kier molecular flexibility index (Phi) is 7.57. The lowest BCUT2D eigenvalue weighted by molar-refractivity contribution is 0.158. The van der Waals surface area contributed by atoms with E-state index in [0.29, 0.717) is 12.2 Å². The van der Waals surface area contributed by atoms with Crippen molar-refractivity contribution in [1.82, 2.24) is 20.2 Å². The molecule has 104 valence electrons. The van der Waals surface area contributed by atoms with Crippen molar-refractivity contribution < 1.29 is 5.11 Å². The van der Waals surface area contributed by atoms with Gasteiger partial charge in [-0.3, -0.25) is 0 Å². The van der Waals surface area contributed by atoms with Crippen LogP contribution in [-0.4, -0.2) is 31.4 Å². The molecule has 0 radical (unpaired) electrons. The highest BCUT2D eigenvalue weighted by Crippen LogP contribution is 2.11. The Morgan fingerprint density at radius 1 is 1.11 bits per heavy atom. The quantitative estimate of drug-likeness (QED) is 0.650. The van der Waals surface area contributed by atoms with E-state index in [2.05, 4.69) is 22.3 Å². The SMILES string of the molecule is CCCCCCCCCC(O)Cc1nnn(C)n1. The normalized spacial score (nSPS) is 12.8. The predicted octanol–water partition coefficient (Wildman–Crippen LogP) is 2.25. The summed E-state index contributed by atoms with van der Waals surface area (Å²) in [5.41, 5.74) is 0. The average molecular weight is 254 g/mol. The summed E-state index contributed by atoms with van der Waals surface area (Å²) in [6.07, 6.45) is 9.95. The summed E-state index contributed by atoms with van der Waals surface area (Å²) in [6.45, 7) is 2.23. The van der Waals surface area contributed by atoms with Crippen LogP contribution in [0.4, 0.5) is 0 Å². The molecule has 0 fully saturated rings. The number of aliphatic hydroxyl groups is 1. The smallest absolute Gasteiger partial charge is 0.177 e. The summed E-state index contributed by atoms with van der Waals surface area (Å²) in [5.74, 6) is 0.632. The van der Waals surface area contributed by atoms with Gasteiger partial charge in [-0.25, -0.2) is 0 Å². The molecule has 0 saturated heterocycles. The lowest BCUT2D eigenvalue weighted by Gasteiger charge is -2.07. The topological polar surface area (TPSA) is 63.8 Å². The van der Waals surface area contributed by atoms with Gasteiger partial charge in [0.15, 0.2) is 5.82 Å².